The molecule has 0 unspecified atom stereocenters. The van der Waals surface area contributed by atoms with E-state index < -0.39 is 0 Å². The van der Waals surface area contributed by atoms with Gasteiger partial charge in [0.1, 0.15) is 5.82 Å². The second-order valence-electron chi connectivity index (χ2n) is 2.88. The van der Waals surface area contributed by atoms with Crippen LogP contribution in [-0.4, -0.2) is 9.97 Å². The number of aromatic nitrogens is 2. The Morgan fingerprint density at radius 1 is 1.00 bits per heavy atom. The van der Waals surface area contributed by atoms with Crippen LogP contribution in [0.4, 0.5) is 5.82 Å². The highest BCUT2D eigenvalue weighted by Crippen LogP contribution is 2.17. The van der Waals surface area contributed by atoms with Crippen LogP contribution in [0.25, 0.3) is 11.4 Å². The molecular formula is C9H11N3. The normalized spacial score (nSPS) is 10.4. The van der Waals surface area contributed by atoms with Crippen molar-refractivity contribution in [2.75, 3.05) is 5.73 Å². The molecule has 2 heterocycles. The van der Waals surface area contributed by atoms with Crippen molar-refractivity contribution in [1.29, 1.82) is 0 Å². The maximum Gasteiger partial charge on any atom is 0.101 e. The summed E-state index contributed by atoms with van der Waals surface area (Å²) in [5, 5.41) is 0. The van der Waals surface area contributed by atoms with E-state index >= 15 is 0 Å². The first-order valence-corrected chi connectivity index (χ1v) is 3.86. The third kappa shape index (κ3) is 1.09. The lowest BCUT2D eigenvalue weighted by Gasteiger charge is -1.91. The summed E-state index contributed by atoms with van der Waals surface area (Å²) in [5.41, 5.74) is 8.81. The molecule has 2 aromatic heterocycles. The Morgan fingerprint density at radius 3 is 2.17 bits per heavy atom. The minimum absolute atomic E-state index is 0.692. The van der Waals surface area contributed by atoms with Crippen LogP contribution >= 0.6 is 0 Å². The van der Waals surface area contributed by atoms with Gasteiger partial charge in [0.15, 0.2) is 0 Å². The summed E-state index contributed by atoms with van der Waals surface area (Å²) in [6, 6.07) is 7.87. The van der Waals surface area contributed by atoms with E-state index in [9.17, 15) is 0 Å². The van der Waals surface area contributed by atoms with Crippen LogP contribution in [0.5, 0.6) is 0 Å². The zero-order valence-electron chi connectivity index (χ0n) is 6.89. The molecular weight excluding hydrogens is 150 g/mol. The Morgan fingerprint density at radius 2 is 1.67 bits per heavy atom. The van der Waals surface area contributed by atoms with Gasteiger partial charge >= 0.3 is 0 Å². The molecule has 62 valence electrons. The maximum absolute atomic E-state index is 5.55. The van der Waals surface area contributed by atoms with Gasteiger partial charge in [-0.25, -0.2) is 0 Å². The van der Waals surface area contributed by atoms with Gasteiger partial charge in [-0.1, -0.05) is 0 Å². The molecule has 0 aliphatic heterocycles. The van der Waals surface area contributed by atoms with Gasteiger partial charge in [0.25, 0.3) is 0 Å². The molecule has 2 rings (SSSR count). The fourth-order valence-corrected chi connectivity index (χ4v) is 1.23. The van der Waals surface area contributed by atoms with Crippen molar-refractivity contribution >= 4 is 5.82 Å². The summed E-state index contributed by atoms with van der Waals surface area (Å²) < 4.78 is 0. The third-order valence-electron chi connectivity index (χ3n) is 1.83. The minimum Gasteiger partial charge on any atom is -0.385 e. The number of H-pyrrole nitrogens is 2. The van der Waals surface area contributed by atoms with E-state index in [2.05, 4.69) is 9.97 Å². The SMILES string of the molecule is Cc1ccc(-c2ccc(N)[nH]2)[nH]1. The van der Waals surface area contributed by atoms with Crippen LogP contribution in [0, 0.1) is 6.92 Å². The molecule has 3 nitrogen and oxygen atoms in total. The molecule has 0 amide bonds. The molecule has 0 aliphatic carbocycles. The van der Waals surface area contributed by atoms with E-state index in [1.807, 2.05) is 31.2 Å². The van der Waals surface area contributed by atoms with Gasteiger partial charge in [0, 0.05) is 5.69 Å². The zero-order chi connectivity index (χ0) is 8.55. The van der Waals surface area contributed by atoms with Crippen LogP contribution in [0.15, 0.2) is 24.3 Å². The molecule has 0 spiro atoms. The molecule has 0 aliphatic rings. The van der Waals surface area contributed by atoms with E-state index in [1.54, 1.807) is 0 Å². The van der Waals surface area contributed by atoms with E-state index in [1.165, 1.54) is 0 Å². The van der Waals surface area contributed by atoms with Gasteiger partial charge < -0.3 is 15.7 Å². The van der Waals surface area contributed by atoms with Gasteiger partial charge in [-0.3, -0.25) is 0 Å². The first kappa shape index (κ1) is 7.03. The number of hydrogen-bond acceptors (Lipinski definition) is 1. The quantitative estimate of drug-likeness (QED) is 0.587. The van der Waals surface area contributed by atoms with Crippen LogP contribution in [-0.2, 0) is 0 Å². The highest BCUT2D eigenvalue weighted by atomic mass is 14.9. The van der Waals surface area contributed by atoms with Gasteiger partial charge in [0.05, 0.1) is 11.4 Å². The lowest BCUT2D eigenvalue weighted by Crippen LogP contribution is -1.83. The number of nitrogens with two attached hydrogens (primary N) is 1. The van der Waals surface area contributed by atoms with Gasteiger partial charge in [-0.05, 0) is 31.2 Å². The average molecular weight is 161 g/mol. The molecule has 2 aromatic rings. The molecule has 0 saturated carbocycles. The van der Waals surface area contributed by atoms with Crippen LogP contribution in [0.2, 0.25) is 0 Å². The smallest absolute Gasteiger partial charge is 0.101 e. The van der Waals surface area contributed by atoms with E-state index in [4.69, 9.17) is 5.73 Å². The molecule has 0 aromatic carbocycles. The fourth-order valence-electron chi connectivity index (χ4n) is 1.23. The maximum atomic E-state index is 5.55. The van der Waals surface area contributed by atoms with Crippen molar-refractivity contribution in [3.8, 4) is 11.4 Å². The number of anilines is 1. The van der Waals surface area contributed by atoms with E-state index in [0.29, 0.717) is 5.82 Å². The molecule has 4 N–H and O–H groups in total. The second-order valence-corrected chi connectivity index (χ2v) is 2.88. The predicted octanol–water partition coefficient (Wildman–Crippen LogP) is 1.90. The lowest BCUT2D eigenvalue weighted by molar-refractivity contribution is 1.25. The summed E-state index contributed by atoms with van der Waals surface area (Å²) in [6.07, 6.45) is 0. The monoisotopic (exact) mass is 161 g/mol. The number of aryl methyl sites for hydroxylation is 1. The third-order valence-corrected chi connectivity index (χ3v) is 1.83. The second kappa shape index (κ2) is 2.44. The Bertz CT molecular complexity index is 346. The number of nitrogen functional groups attached to an aromatic ring is 1. The molecule has 0 fully saturated rings. The highest BCUT2D eigenvalue weighted by Gasteiger charge is 2.00. The molecule has 3 heteroatoms. The highest BCUT2D eigenvalue weighted by molar-refractivity contribution is 5.58. The molecule has 0 atom stereocenters. The Hall–Kier alpha value is -1.64. The summed E-state index contributed by atoms with van der Waals surface area (Å²) in [7, 11) is 0. The number of nitrogens with one attached hydrogen (secondary N) is 2. The van der Waals surface area contributed by atoms with Crippen LogP contribution in [0.1, 0.15) is 5.69 Å². The molecule has 0 saturated heterocycles. The average Bonchev–Trinajstić information content (AvgIpc) is 2.58. The number of rotatable bonds is 1. The van der Waals surface area contributed by atoms with Crippen LogP contribution in [0.3, 0.4) is 0 Å². The topological polar surface area (TPSA) is 57.6 Å². The van der Waals surface area contributed by atoms with Crippen molar-refractivity contribution in [1.82, 2.24) is 9.97 Å². The van der Waals surface area contributed by atoms with Crippen molar-refractivity contribution in [2.45, 2.75) is 6.92 Å². The van der Waals surface area contributed by atoms with Crippen molar-refractivity contribution < 1.29 is 0 Å². The lowest BCUT2D eigenvalue weighted by atomic mass is 10.3. The Balaban J connectivity index is 2.43. The predicted molar refractivity (Wildman–Crippen MR) is 49.7 cm³/mol. The zero-order valence-corrected chi connectivity index (χ0v) is 6.89. The Labute approximate surface area is 70.6 Å². The van der Waals surface area contributed by atoms with E-state index in [-0.39, 0.29) is 0 Å². The first-order chi connectivity index (χ1) is 5.75. The van der Waals surface area contributed by atoms with Gasteiger partial charge in [-0.2, -0.15) is 0 Å². The molecule has 0 radical (unpaired) electrons. The standard InChI is InChI=1S/C9H11N3/c1-6-2-3-7(11-6)8-4-5-9(10)12-8/h2-5,11-12H,10H2,1H3. The summed E-state index contributed by atoms with van der Waals surface area (Å²) in [4.78, 5) is 6.27. The first-order valence-electron chi connectivity index (χ1n) is 3.86. The van der Waals surface area contributed by atoms with Crippen molar-refractivity contribution in [3.05, 3.63) is 30.0 Å². The number of hydrogen-bond donors (Lipinski definition) is 3. The molecule has 0 bridgehead atoms. The van der Waals surface area contributed by atoms with Crippen molar-refractivity contribution in [2.24, 2.45) is 0 Å². The Kier molecular flexibility index (Phi) is 1.43. The fraction of sp³-hybridized carbons (Fsp3) is 0.111. The van der Waals surface area contributed by atoms with E-state index in [0.717, 1.165) is 17.1 Å². The largest absolute Gasteiger partial charge is 0.385 e. The van der Waals surface area contributed by atoms with Gasteiger partial charge in [0.2, 0.25) is 0 Å². The van der Waals surface area contributed by atoms with Gasteiger partial charge in [-0.15, -0.1) is 0 Å². The van der Waals surface area contributed by atoms with Crippen molar-refractivity contribution in [3.63, 3.8) is 0 Å². The van der Waals surface area contributed by atoms with Crippen LogP contribution < -0.4 is 5.73 Å². The summed E-state index contributed by atoms with van der Waals surface area (Å²) >= 11 is 0. The molecule has 12 heavy (non-hydrogen) atoms. The summed E-state index contributed by atoms with van der Waals surface area (Å²) in [5.74, 6) is 0.692. The minimum atomic E-state index is 0.692. The summed E-state index contributed by atoms with van der Waals surface area (Å²) in [6.45, 7) is 2.02. The number of aromatic amines is 2.